The van der Waals surface area contributed by atoms with Gasteiger partial charge in [0.25, 0.3) is 11.8 Å². The molecule has 2 amide bonds. The third-order valence-electron chi connectivity index (χ3n) is 7.33. The maximum atomic E-state index is 13.4. The molecule has 2 saturated heterocycles. The van der Waals surface area contributed by atoms with E-state index in [0.29, 0.717) is 18.7 Å². The number of nitrogens with one attached hydrogen (secondary N) is 2. The zero-order valence-corrected chi connectivity index (χ0v) is 25.1. The minimum Gasteiger partial charge on any atom is -0.477 e. The van der Waals surface area contributed by atoms with E-state index in [4.69, 9.17) is 16.3 Å². The molecule has 3 heterocycles. The van der Waals surface area contributed by atoms with E-state index in [-0.39, 0.29) is 39.5 Å². The van der Waals surface area contributed by atoms with Gasteiger partial charge in [-0.3, -0.25) is 9.59 Å². The van der Waals surface area contributed by atoms with Crippen molar-refractivity contribution in [2.45, 2.75) is 74.3 Å². The quantitative estimate of drug-likeness (QED) is 0.432. The first-order valence-corrected chi connectivity index (χ1v) is 15.1. The molecule has 230 valence electrons. The average Bonchev–Trinajstić information content (AvgIpc) is 3.17. The molecular weight excluding hydrogens is 599 g/mol. The number of halogens is 4. The van der Waals surface area contributed by atoms with Gasteiger partial charge in [-0.1, -0.05) is 17.7 Å². The molecule has 2 N–H and O–H groups in total. The normalized spacial score (nSPS) is 20.9. The number of hydrogen-bond donors (Lipinski definition) is 2. The second-order valence-electron chi connectivity index (χ2n) is 11.1. The van der Waals surface area contributed by atoms with E-state index in [0.717, 1.165) is 17.1 Å². The van der Waals surface area contributed by atoms with Gasteiger partial charge in [0, 0.05) is 37.2 Å². The second kappa shape index (κ2) is 11.9. The van der Waals surface area contributed by atoms with Crippen LogP contribution < -0.4 is 20.3 Å². The molecule has 42 heavy (non-hydrogen) atoms. The topological polar surface area (TPSA) is 121 Å². The molecule has 0 aliphatic carbocycles. The van der Waals surface area contributed by atoms with Crippen LogP contribution in [0.3, 0.4) is 0 Å². The molecule has 0 spiro atoms. The summed E-state index contributed by atoms with van der Waals surface area (Å²) in [6.07, 6.45) is -1.74. The number of benzene rings is 1. The Morgan fingerprint density at radius 2 is 1.76 bits per heavy atom. The summed E-state index contributed by atoms with van der Waals surface area (Å²) in [5, 5.41) is 5.08. The molecule has 1 aromatic carbocycles. The van der Waals surface area contributed by atoms with Gasteiger partial charge in [-0.25, -0.2) is 17.7 Å². The van der Waals surface area contributed by atoms with E-state index in [2.05, 4.69) is 15.2 Å². The lowest BCUT2D eigenvalue weighted by Crippen LogP contribution is -2.55. The van der Waals surface area contributed by atoms with Gasteiger partial charge in [0.05, 0.1) is 0 Å². The van der Waals surface area contributed by atoms with Gasteiger partial charge < -0.3 is 20.3 Å². The van der Waals surface area contributed by atoms with Gasteiger partial charge in [0.15, 0.2) is 5.60 Å². The van der Waals surface area contributed by atoms with E-state index in [1.807, 2.05) is 5.32 Å². The van der Waals surface area contributed by atoms with Crippen molar-refractivity contribution in [1.29, 1.82) is 0 Å². The molecule has 0 radical (unpaired) electrons. The third-order valence-corrected chi connectivity index (χ3v) is 9.40. The SMILES string of the molecule is CN(C)S(=O)(=O)c1cc(Cl)ccc1OC(C)(C)C(=O)N[C@H]1C[C@H]2CC[C@@H](C1)N2c1cccc(C(=O)NCC(F)(F)F)n1. The Kier molecular flexibility index (Phi) is 9.00. The lowest BCUT2D eigenvalue weighted by molar-refractivity contribution is -0.135. The number of aromatic nitrogens is 1. The molecule has 2 aliphatic rings. The molecule has 2 aliphatic heterocycles. The Morgan fingerprint density at radius 1 is 1.12 bits per heavy atom. The molecule has 4 rings (SSSR count). The number of piperidine rings is 1. The number of carbonyl (C=O) groups is 2. The third kappa shape index (κ3) is 7.09. The molecule has 0 unspecified atom stereocenters. The van der Waals surface area contributed by atoms with Crippen LogP contribution in [-0.2, 0) is 14.8 Å². The second-order valence-corrected chi connectivity index (χ2v) is 13.7. The van der Waals surface area contributed by atoms with Crippen molar-refractivity contribution in [3.63, 3.8) is 0 Å². The predicted octanol–water partition coefficient (Wildman–Crippen LogP) is 3.75. The minimum absolute atomic E-state index is 0.00614. The lowest BCUT2D eigenvalue weighted by atomic mass is 9.96. The molecule has 1 aromatic heterocycles. The van der Waals surface area contributed by atoms with Crippen molar-refractivity contribution in [2.24, 2.45) is 0 Å². The van der Waals surface area contributed by atoms with Crippen LogP contribution in [0.25, 0.3) is 0 Å². The van der Waals surface area contributed by atoms with Crippen molar-refractivity contribution in [3.8, 4) is 5.75 Å². The number of anilines is 1. The number of sulfonamides is 1. The van der Waals surface area contributed by atoms with E-state index in [9.17, 15) is 31.2 Å². The number of fused-ring (bicyclic) bond motifs is 2. The Hall–Kier alpha value is -3.10. The van der Waals surface area contributed by atoms with Crippen LogP contribution in [0.4, 0.5) is 19.0 Å². The number of pyridine rings is 1. The first kappa shape index (κ1) is 31.8. The van der Waals surface area contributed by atoms with Crippen LogP contribution in [0.2, 0.25) is 5.02 Å². The predicted molar refractivity (Wildman–Crippen MR) is 150 cm³/mol. The number of nitrogens with zero attached hydrogens (tertiary/aromatic N) is 3. The van der Waals surface area contributed by atoms with E-state index < -0.39 is 40.2 Å². The highest BCUT2D eigenvalue weighted by Crippen LogP contribution is 2.39. The zero-order valence-electron chi connectivity index (χ0n) is 23.5. The number of hydrogen-bond acceptors (Lipinski definition) is 7. The number of rotatable bonds is 9. The number of alkyl halides is 3. The lowest BCUT2D eigenvalue weighted by Gasteiger charge is -2.41. The fourth-order valence-electron chi connectivity index (χ4n) is 5.28. The van der Waals surface area contributed by atoms with Crippen molar-refractivity contribution >= 4 is 39.3 Å². The highest BCUT2D eigenvalue weighted by atomic mass is 35.5. The maximum Gasteiger partial charge on any atom is 0.405 e. The monoisotopic (exact) mass is 631 g/mol. The first-order chi connectivity index (χ1) is 19.5. The van der Waals surface area contributed by atoms with Crippen LogP contribution >= 0.6 is 11.6 Å². The zero-order chi connectivity index (χ0) is 31.0. The summed E-state index contributed by atoms with van der Waals surface area (Å²) in [6, 6.07) is 8.61. The van der Waals surface area contributed by atoms with E-state index in [1.54, 1.807) is 26.0 Å². The Morgan fingerprint density at radius 3 is 2.36 bits per heavy atom. The number of carbonyl (C=O) groups excluding carboxylic acids is 2. The number of ether oxygens (including phenoxy) is 1. The summed E-state index contributed by atoms with van der Waals surface area (Å²) in [7, 11) is -1.14. The molecule has 10 nitrogen and oxygen atoms in total. The van der Waals surface area contributed by atoms with Crippen molar-refractivity contribution < 1.29 is 35.9 Å². The molecule has 2 fully saturated rings. The largest absolute Gasteiger partial charge is 0.477 e. The molecule has 0 saturated carbocycles. The molecule has 3 atom stereocenters. The van der Waals surface area contributed by atoms with E-state index >= 15 is 0 Å². The van der Waals surface area contributed by atoms with Gasteiger partial charge in [0.1, 0.15) is 28.7 Å². The van der Waals surface area contributed by atoms with Crippen molar-refractivity contribution in [3.05, 3.63) is 47.1 Å². The highest BCUT2D eigenvalue weighted by Gasteiger charge is 2.43. The summed E-state index contributed by atoms with van der Waals surface area (Å²) in [5.74, 6) is -0.848. The smallest absolute Gasteiger partial charge is 0.405 e. The first-order valence-electron chi connectivity index (χ1n) is 13.3. The fraction of sp³-hybridized carbons (Fsp3) is 0.519. The fourth-order valence-corrected chi connectivity index (χ4v) is 6.55. The Bertz CT molecular complexity index is 1440. The van der Waals surface area contributed by atoms with E-state index in [1.165, 1.54) is 38.4 Å². The maximum absolute atomic E-state index is 13.4. The minimum atomic E-state index is -4.53. The Balaban J connectivity index is 1.43. The van der Waals surface area contributed by atoms with Gasteiger partial charge >= 0.3 is 6.18 Å². The summed E-state index contributed by atoms with van der Waals surface area (Å²) in [5.41, 5.74) is -1.54. The van der Waals surface area contributed by atoms with Crippen LogP contribution in [0, 0.1) is 0 Å². The summed E-state index contributed by atoms with van der Waals surface area (Å²) in [4.78, 5) is 31.8. The van der Waals surface area contributed by atoms with Gasteiger partial charge in [-0.05, 0) is 69.9 Å². The Labute approximate surface area is 247 Å². The summed E-state index contributed by atoms with van der Waals surface area (Å²) in [6.45, 7) is 1.65. The highest BCUT2D eigenvalue weighted by molar-refractivity contribution is 7.89. The molecule has 15 heteroatoms. The van der Waals surface area contributed by atoms with Crippen LogP contribution in [0.1, 0.15) is 50.0 Å². The molecular formula is C27H33ClF3N5O5S. The summed E-state index contributed by atoms with van der Waals surface area (Å²) < 4.78 is 70.2. The van der Waals surface area contributed by atoms with Gasteiger partial charge in [0.2, 0.25) is 10.0 Å². The van der Waals surface area contributed by atoms with Crippen LogP contribution in [0.15, 0.2) is 41.3 Å². The molecule has 2 bridgehead atoms. The van der Waals surface area contributed by atoms with Crippen molar-refractivity contribution in [1.82, 2.24) is 19.9 Å². The van der Waals surface area contributed by atoms with Crippen LogP contribution in [0.5, 0.6) is 5.75 Å². The standard InChI is InChI=1S/C27H33ClF3N5O5S/c1-26(2,41-21-11-8-16(28)12-22(21)42(39,40)35(3)4)25(38)33-17-13-18-9-10-19(14-17)36(18)23-7-5-6-20(34-23)24(37)32-15-27(29,30)31/h5-8,11-12,17-19H,9-10,13-15H2,1-4H3,(H,32,37)(H,33,38)/t17-,18+,19-. The van der Waals surface area contributed by atoms with Gasteiger partial charge in [-0.15, -0.1) is 0 Å². The summed E-state index contributed by atoms with van der Waals surface area (Å²) >= 11 is 6.05. The molecule has 2 aromatic rings. The number of amides is 2. The van der Waals surface area contributed by atoms with Crippen LogP contribution in [-0.4, -0.2) is 80.1 Å². The van der Waals surface area contributed by atoms with Crippen molar-refractivity contribution in [2.75, 3.05) is 25.5 Å². The van der Waals surface area contributed by atoms with Gasteiger partial charge in [-0.2, -0.15) is 13.2 Å². The average molecular weight is 632 g/mol.